The van der Waals surface area contributed by atoms with Crippen LogP contribution in [0.4, 0.5) is 10.2 Å². The second-order valence-corrected chi connectivity index (χ2v) is 9.39. The fourth-order valence-electron chi connectivity index (χ4n) is 4.44. The van der Waals surface area contributed by atoms with Crippen LogP contribution in [0.25, 0.3) is 27.8 Å². The summed E-state index contributed by atoms with van der Waals surface area (Å²) in [5.74, 6) is 0.949. The van der Waals surface area contributed by atoms with Gasteiger partial charge in [-0.1, -0.05) is 51.3 Å². The van der Waals surface area contributed by atoms with Crippen LogP contribution in [-0.2, 0) is 7.05 Å². The summed E-state index contributed by atoms with van der Waals surface area (Å²) in [4.78, 5) is 0. The molecule has 0 bridgehead atoms. The third-order valence-corrected chi connectivity index (χ3v) is 6.76. The van der Waals surface area contributed by atoms with Gasteiger partial charge in [0.1, 0.15) is 22.9 Å². The fraction of sp³-hybridized carbons (Fsp3) is 0.393. The Labute approximate surface area is 223 Å². The van der Waals surface area contributed by atoms with E-state index < -0.39 is 5.82 Å². The van der Waals surface area contributed by atoms with Gasteiger partial charge in [-0.25, -0.2) is 9.07 Å². The number of hydrogen-bond acceptors (Lipinski definition) is 5. The smallest absolute Gasteiger partial charge is 0.148 e. The van der Waals surface area contributed by atoms with Crippen molar-refractivity contribution in [3.05, 3.63) is 59.0 Å². The normalized spacial score (nSPS) is 16.7. The lowest BCUT2D eigenvalue weighted by Gasteiger charge is -2.22. The van der Waals surface area contributed by atoms with E-state index in [2.05, 4.69) is 22.4 Å². The van der Waals surface area contributed by atoms with E-state index in [1.54, 1.807) is 29.5 Å². The van der Waals surface area contributed by atoms with Crippen LogP contribution < -0.4 is 11.1 Å². The summed E-state index contributed by atoms with van der Waals surface area (Å²) >= 11 is 6.32. The van der Waals surface area contributed by atoms with Gasteiger partial charge in [-0.2, -0.15) is 10.4 Å². The van der Waals surface area contributed by atoms with Crippen molar-refractivity contribution in [1.29, 1.82) is 5.26 Å². The molecule has 2 atom stereocenters. The zero-order chi connectivity index (χ0) is 27.1. The molecule has 1 fully saturated rings. The first-order chi connectivity index (χ1) is 17.8. The van der Waals surface area contributed by atoms with E-state index in [4.69, 9.17) is 22.6 Å². The molecule has 196 valence electrons. The lowest BCUT2D eigenvalue weighted by molar-refractivity contribution is 0.344. The van der Waals surface area contributed by atoms with Crippen LogP contribution in [0.3, 0.4) is 0 Å². The number of hydrogen-bond donors (Lipinski definition) is 2. The van der Waals surface area contributed by atoms with Crippen LogP contribution in [0, 0.1) is 23.1 Å². The van der Waals surface area contributed by atoms with E-state index in [0.717, 1.165) is 22.5 Å². The predicted octanol–water partition coefficient (Wildman–Crippen LogP) is 6.68. The highest BCUT2D eigenvalue weighted by molar-refractivity contribution is 6.34. The van der Waals surface area contributed by atoms with Crippen LogP contribution in [0.2, 0.25) is 5.15 Å². The molecule has 1 unspecified atom stereocenters. The largest absolute Gasteiger partial charge is 0.372 e. The number of aromatic nitrogens is 4. The van der Waals surface area contributed by atoms with Gasteiger partial charge in [-0.15, -0.1) is 5.10 Å². The molecule has 4 aromatic rings. The number of benzene rings is 2. The molecule has 0 amide bonds. The van der Waals surface area contributed by atoms with Gasteiger partial charge in [0.15, 0.2) is 0 Å². The Morgan fingerprint density at radius 3 is 2.49 bits per heavy atom. The molecule has 0 saturated heterocycles. The van der Waals surface area contributed by atoms with Crippen LogP contribution >= 0.6 is 11.6 Å². The summed E-state index contributed by atoms with van der Waals surface area (Å²) in [6.07, 6.45) is 5.25. The van der Waals surface area contributed by atoms with Crippen LogP contribution in [0.1, 0.15) is 52.0 Å². The number of nitrogens with two attached hydrogens (primary N) is 1. The number of aryl methyl sites for hydroxylation is 1. The Balaban J connectivity index is 0.000000322. The van der Waals surface area contributed by atoms with E-state index >= 15 is 0 Å². The van der Waals surface area contributed by atoms with Crippen molar-refractivity contribution in [3.63, 3.8) is 0 Å². The number of rotatable bonds is 3. The molecule has 5 rings (SSSR count). The number of anilines is 1. The third kappa shape index (κ3) is 6.48. The molecule has 2 heterocycles. The maximum Gasteiger partial charge on any atom is 0.148 e. The van der Waals surface area contributed by atoms with Crippen molar-refractivity contribution < 1.29 is 4.39 Å². The van der Waals surface area contributed by atoms with Gasteiger partial charge in [0.25, 0.3) is 0 Å². The number of nitrogens with one attached hydrogen (secondary N) is 1. The minimum absolute atomic E-state index is 0.00205. The molecule has 0 aliphatic heterocycles. The molecule has 0 radical (unpaired) electrons. The van der Waals surface area contributed by atoms with Gasteiger partial charge in [-0.05, 0) is 49.1 Å². The van der Waals surface area contributed by atoms with Crippen molar-refractivity contribution >= 4 is 28.3 Å². The van der Waals surface area contributed by atoms with Crippen molar-refractivity contribution in [2.45, 2.75) is 52.5 Å². The topological polar surface area (TPSA) is 97.5 Å². The summed E-state index contributed by atoms with van der Waals surface area (Å²) in [6, 6.07) is 14.3. The standard InChI is InChI=1S/C19H14ClFN6.C7H15N.C2H6/c1-23-18-9-17(11-3-4-12(10-22)15(21)7-11)27(25-18)13-5-6-16-14(8-13)19(20)26(2)24-16;1-6-3-2-4-7(8)5-6;1-2/h3-9H,1-2H3,(H,23,25);6-7H,2-5,8H2,1H3;1-2H3/t;6?,7-;/m.0./s1. The van der Waals surface area contributed by atoms with Crippen molar-refractivity contribution in [2.24, 2.45) is 18.7 Å². The fourth-order valence-corrected chi connectivity index (χ4v) is 4.63. The molecule has 1 aliphatic carbocycles. The van der Waals surface area contributed by atoms with Crippen LogP contribution in [-0.4, -0.2) is 32.7 Å². The van der Waals surface area contributed by atoms with Gasteiger partial charge >= 0.3 is 0 Å². The second-order valence-electron chi connectivity index (χ2n) is 9.03. The molecule has 1 aliphatic rings. The minimum Gasteiger partial charge on any atom is -0.372 e. The van der Waals surface area contributed by atoms with Gasteiger partial charge < -0.3 is 11.1 Å². The maximum atomic E-state index is 14.1. The molecule has 7 nitrogen and oxygen atoms in total. The van der Waals surface area contributed by atoms with Crippen molar-refractivity contribution in [3.8, 4) is 23.0 Å². The maximum absolute atomic E-state index is 14.1. The third-order valence-electron chi connectivity index (χ3n) is 6.32. The Kier molecular flexibility index (Phi) is 9.67. The Hall–Kier alpha value is -3.41. The van der Waals surface area contributed by atoms with Crippen LogP contribution in [0.5, 0.6) is 0 Å². The molecule has 0 spiro atoms. The zero-order valence-electron chi connectivity index (χ0n) is 22.1. The van der Waals surface area contributed by atoms with E-state index in [9.17, 15) is 4.39 Å². The van der Waals surface area contributed by atoms with Crippen molar-refractivity contribution in [2.75, 3.05) is 12.4 Å². The summed E-state index contributed by atoms with van der Waals surface area (Å²) < 4.78 is 17.4. The van der Waals surface area contributed by atoms with E-state index in [1.165, 1.54) is 37.8 Å². The van der Waals surface area contributed by atoms with Gasteiger partial charge in [0.2, 0.25) is 0 Å². The zero-order valence-corrected chi connectivity index (χ0v) is 22.8. The van der Waals surface area contributed by atoms with E-state index in [1.807, 2.05) is 44.2 Å². The summed E-state index contributed by atoms with van der Waals surface area (Å²) in [7, 11) is 3.54. The van der Waals surface area contributed by atoms with Crippen LogP contribution in [0.15, 0.2) is 42.5 Å². The molecular formula is C28H35ClFN7. The number of halogens is 2. The average Bonchev–Trinajstić information content (AvgIpc) is 3.46. The molecule has 2 aromatic heterocycles. The lowest BCUT2D eigenvalue weighted by atomic mass is 9.88. The summed E-state index contributed by atoms with van der Waals surface area (Å²) in [5.41, 5.74) is 8.56. The SMILES string of the molecule is CC.CC1CCC[C@H](N)C1.CNc1cc(-c2ccc(C#N)c(F)c2)n(-c2ccc3nn(C)c(Cl)c3c2)n1. The minimum atomic E-state index is -0.570. The molecule has 2 aromatic carbocycles. The van der Waals surface area contributed by atoms with Gasteiger partial charge in [0, 0.05) is 37.2 Å². The average molecular weight is 524 g/mol. The first-order valence-corrected chi connectivity index (χ1v) is 13.0. The first-order valence-electron chi connectivity index (χ1n) is 12.7. The molecule has 37 heavy (non-hydrogen) atoms. The molecule has 9 heteroatoms. The van der Waals surface area contributed by atoms with Crippen molar-refractivity contribution in [1.82, 2.24) is 19.6 Å². The number of fused-ring (bicyclic) bond motifs is 1. The number of nitrogens with zero attached hydrogens (tertiary/aromatic N) is 5. The molecule has 3 N–H and O–H groups in total. The Morgan fingerprint density at radius 1 is 1.14 bits per heavy atom. The van der Waals surface area contributed by atoms with E-state index in [0.29, 0.717) is 28.3 Å². The lowest BCUT2D eigenvalue weighted by Crippen LogP contribution is -2.26. The van der Waals surface area contributed by atoms with E-state index in [-0.39, 0.29) is 5.56 Å². The Bertz CT molecular complexity index is 1380. The molecule has 1 saturated carbocycles. The highest BCUT2D eigenvalue weighted by Gasteiger charge is 2.16. The summed E-state index contributed by atoms with van der Waals surface area (Å²) in [6.45, 7) is 6.29. The first kappa shape index (κ1) is 28.2. The highest BCUT2D eigenvalue weighted by Crippen LogP contribution is 2.30. The second kappa shape index (κ2) is 12.7. The Morgan fingerprint density at radius 2 is 1.89 bits per heavy atom. The monoisotopic (exact) mass is 523 g/mol. The van der Waals surface area contributed by atoms with Gasteiger partial charge in [0.05, 0.1) is 22.5 Å². The highest BCUT2D eigenvalue weighted by atomic mass is 35.5. The molecular weight excluding hydrogens is 489 g/mol. The summed E-state index contributed by atoms with van der Waals surface area (Å²) in [5, 5.41) is 22.2. The predicted molar refractivity (Wildman–Crippen MR) is 149 cm³/mol. The van der Waals surface area contributed by atoms with Gasteiger partial charge in [-0.3, -0.25) is 4.68 Å². The quantitative estimate of drug-likeness (QED) is 0.312. The number of nitriles is 1.